The molecule has 13 heavy (non-hydrogen) atoms. The van der Waals surface area contributed by atoms with Crippen molar-refractivity contribution < 1.29 is 19.1 Å². The quantitative estimate of drug-likeness (QED) is 0.573. The molecule has 0 aliphatic heterocycles. The van der Waals surface area contributed by atoms with Crippen molar-refractivity contribution in [1.29, 1.82) is 0 Å². The van der Waals surface area contributed by atoms with Gasteiger partial charge in [0.25, 0.3) is 0 Å². The second-order valence-corrected chi connectivity index (χ2v) is 2.66. The summed E-state index contributed by atoms with van der Waals surface area (Å²) in [5.74, 6) is -0.565. The molecule has 1 aromatic heterocycles. The molecule has 0 radical (unpaired) electrons. The number of esters is 1. The summed E-state index contributed by atoms with van der Waals surface area (Å²) in [6, 6.07) is 1.23. The molecule has 0 fully saturated rings. The lowest BCUT2D eigenvalue weighted by Crippen LogP contribution is -2.04. The molecule has 0 saturated carbocycles. The first-order valence-corrected chi connectivity index (χ1v) is 4.18. The number of aromatic hydroxyl groups is 1. The first kappa shape index (κ1) is 9.64. The van der Waals surface area contributed by atoms with Crippen LogP contribution in [0, 0.1) is 0 Å². The Morgan fingerprint density at radius 1 is 1.69 bits per heavy atom. The lowest BCUT2D eigenvalue weighted by Gasteiger charge is -1.99. The summed E-state index contributed by atoms with van der Waals surface area (Å²) < 4.78 is 9.57. The number of rotatable bonds is 4. The van der Waals surface area contributed by atoms with E-state index in [2.05, 4.69) is 0 Å². The molecule has 0 saturated heterocycles. The molecular formula is C9H12O4. The summed E-state index contributed by atoms with van der Waals surface area (Å²) in [7, 11) is 0. The Morgan fingerprint density at radius 2 is 2.46 bits per heavy atom. The van der Waals surface area contributed by atoms with E-state index >= 15 is 0 Å². The van der Waals surface area contributed by atoms with E-state index in [0.29, 0.717) is 6.61 Å². The second-order valence-electron chi connectivity index (χ2n) is 2.66. The zero-order chi connectivity index (χ0) is 9.68. The van der Waals surface area contributed by atoms with Gasteiger partial charge in [0.1, 0.15) is 6.26 Å². The summed E-state index contributed by atoms with van der Waals surface area (Å²) >= 11 is 0. The molecule has 1 rings (SSSR count). The second kappa shape index (κ2) is 4.54. The van der Waals surface area contributed by atoms with E-state index in [9.17, 15) is 4.79 Å². The van der Waals surface area contributed by atoms with E-state index in [1.165, 1.54) is 6.07 Å². The minimum absolute atomic E-state index is 0.0357. The summed E-state index contributed by atoms with van der Waals surface area (Å²) in [5, 5.41) is 8.87. The normalized spacial score (nSPS) is 9.92. The number of hydrogen-bond donors (Lipinski definition) is 1. The van der Waals surface area contributed by atoms with Gasteiger partial charge in [-0.15, -0.1) is 0 Å². The average Bonchev–Trinajstić information content (AvgIpc) is 2.52. The Kier molecular flexibility index (Phi) is 3.37. The number of carbonyl (C=O) groups excluding carboxylic acids is 1. The fraction of sp³-hybridized carbons (Fsp3) is 0.444. The summed E-state index contributed by atoms with van der Waals surface area (Å²) in [6.07, 6.45) is 2.89. The van der Waals surface area contributed by atoms with E-state index in [0.717, 1.165) is 19.1 Å². The zero-order valence-electron chi connectivity index (χ0n) is 7.45. The average molecular weight is 184 g/mol. The molecule has 1 aromatic rings. The van der Waals surface area contributed by atoms with Crippen molar-refractivity contribution in [3.8, 4) is 5.75 Å². The lowest BCUT2D eigenvalue weighted by atomic mass is 10.4. The third-order valence-electron chi connectivity index (χ3n) is 1.52. The number of furan rings is 1. The zero-order valence-corrected chi connectivity index (χ0v) is 7.45. The van der Waals surface area contributed by atoms with Gasteiger partial charge in [0.05, 0.1) is 6.61 Å². The van der Waals surface area contributed by atoms with E-state index in [-0.39, 0.29) is 11.5 Å². The number of carbonyl (C=O) groups is 1. The molecule has 0 atom stereocenters. The van der Waals surface area contributed by atoms with Gasteiger partial charge >= 0.3 is 5.97 Å². The maximum atomic E-state index is 11.1. The molecule has 0 spiro atoms. The minimum Gasteiger partial charge on any atom is -0.505 e. The summed E-state index contributed by atoms with van der Waals surface area (Å²) in [4.78, 5) is 11.1. The first-order valence-electron chi connectivity index (χ1n) is 4.18. The SMILES string of the molecule is CCCCOC(=O)c1cc(O)co1. The lowest BCUT2D eigenvalue weighted by molar-refractivity contribution is 0.0463. The van der Waals surface area contributed by atoms with Crippen LogP contribution in [-0.4, -0.2) is 17.7 Å². The van der Waals surface area contributed by atoms with Gasteiger partial charge in [0, 0.05) is 6.07 Å². The molecule has 4 heteroatoms. The van der Waals surface area contributed by atoms with Crippen LogP contribution in [0.5, 0.6) is 5.75 Å². The van der Waals surface area contributed by atoms with Crippen molar-refractivity contribution in [2.45, 2.75) is 19.8 Å². The van der Waals surface area contributed by atoms with Crippen LogP contribution in [0.2, 0.25) is 0 Å². The highest BCUT2D eigenvalue weighted by molar-refractivity contribution is 5.86. The molecule has 1 N–H and O–H groups in total. The fourth-order valence-electron chi connectivity index (χ4n) is 0.814. The Morgan fingerprint density at radius 3 is 3.00 bits per heavy atom. The third kappa shape index (κ3) is 2.82. The molecule has 0 aliphatic rings. The van der Waals surface area contributed by atoms with Crippen LogP contribution in [0.4, 0.5) is 0 Å². The smallest absolute Gasteiger partial charge is 0.374 e. The Labute approximate surface area is 76.1 Å². The van der Waals surface area contributed by atoms with Crippen molar-refractivity contribution in [2.75, 3.05) is 6.61 Å². The van der Waals surface area contributed by atoms with Crippen LogP contribution in [0.1, 0.15) is 30.3 Å². The predicted octanol–water partition coefficient (Wildman–Crippen LogP) is 1.94. The van der Waals surface area contributed by atoms with Gasteiger partial charge in [-0.05, 0) is 6.42 Å². The van der Waals surface area contributed by atoms with E-state index in [4.69, 9.17) is 14.3 Å². The van der Waals surface area contributed by atoms with Crippen LogP contribution in [0.25, 0.3) is 0 Å². The largest absolute Gasteiger partial charge is 0.505 e. The van der Waals surface area contributed by atoms with Crippen molar-refractivity contribution in [3.63, 3.8) is 0 Å². The van der Waals surface area contributed by atoms with Crippen molar-refractivity contribution >= 4 is 5.97 Å². The maximum Gasteiger partial charge on any atom is 0.374 e. The Balaban J connectivity index is 2.40. The van der Waals surface area contributed by atoms with Gasteiger partial charge in [0.15, 0.2) is 5.75 Å². The Hall–Kier alpha value is -1.45. The molecule has 4 nitrogen and oxygen atoms in total. The van der Waals surface area contributed by atoms with Gasteiger partial charge in [0.2, 0.25) is 5.76 Å². The van der Waals surface area contributed by atoms with Crippen molar-refractivity contribution in [3.05, 3.63) is 18.1 Å². The monoisotopic (exact) mass is 184 g/mol. The highest BCUT2D eigenvalue weighted by atomic mass is 16.5. The molecule has 0 unspecified atom stereocenters. The Bertz CT molecular complexity index is 277. The van der Waals surface area contributed by atoms with Crippen molar-refractivity contribution in [1.82, 2.24) is 0 Å². The van der Waals surface area contributed by atoms with Crippen LogP contribution < -0.4 is 0 Å². The maximum absolute atomic E-state index is 11.1. The van der Waals surface area contributed by atoms with Crippen LogP contribution >= 0.6 is 0 Å². The van der Waals surface area contributed by atoms with Crippen molar-refractivity contribution in [2.24, 2.45) is 0 Å². The van der Waals surface area contributed by atoms with E-state index < -0.39 is 5.97 Å². The highest BCUT2D eigenvalue weighted by Gasteiger charge is 2.11. The topological polar surface area (TPSA) is 59.7 Å². The van der Waals surface area contributed by atoms with Crippen LogP contribution in [-0.2, 0) is 4.74 Å². The number of unbranched alkanes of at least 4 members (excludes halogenated alkanes) is 1. The molecule has 0 aliphatic carbocycles. The third-order valence-corrected chi connectivity index (χ3v) is 1.52. The molecular weight excluding hydrogens is 172 g/mol. The van der Waals surface area contributed by atoms with E-state index in [1.54, 1.807) is 0 Å². The standard InChI is InChI=1S/C9H12O4/c1-2-3-4-12-9(11)8-5-7(10)6-13-8/h5-6,10H,2-4H2,1H3. The van der Waals surface area contributed by atoms with Gasteiger partial charge in [-0.3, -0.25) is 0 Å². The molecule has 72 valence electrons. The summed E-state index contributed by atoms with van der Waals surface area (Å²) in [6.45, 7) is 2.39. The molecule has 0 amide bonds. The predicted molar refractivity (Wildman–Crippen MR) is 45.6 cm³/mol. The van der Waals surface area contributed by atoms with E-state index in [1.807, 2.05) is 6.92 Å². The summed E-state index contributed by atoms with van der Waals surface area (Å²) in [5.41, 5.74) is 0. The fourth-order valence-corrected chi connectivity index (χ4v) is 0.814. The number of hydrogen-bond acceptors (Lipinski definition) is 4. The minimum atomic E-state index is -0.534. The van der Waals surface area contributed by atoms with Crippen LogP contribution in [0.15, 0.2) is 16.7 Å². The number of ether oxygens (including phenoxy) is 1. The van der Waals surface area contributed by atoms with Crippen LogP contribution in [0.3, 0.4) is 0 Å². The van der Waals surface area contributed by atoms with Gasteiger partial charge in [-0.2, -0.15) is 0 Å². The van der Waals surface area contributed by atoms with Gasteiger partial charge in [-0.25, -0.2) is 4.79 Å². The highest BCUT2D eigenvalue weighted by Crippen LogP contribution is 2.14. The van der Waals surface area contributed by atoms with Gasteiger partial charge in [-0.1, -0.05) is 13.3 Å². The first-order chi connectivity index (χ1) is 6.24. The molecule has 0 aromatic carbocycles. The molecule has 0 bridgehead atoms. The molecule has 1 heterocycles. The van der Waals surface area contributed by atoms with Gasteiger partial charge < -0.3 is 14.3 Å².